The molecule has 0 amide bonds. The standard InChI is InChI=1S/C43H74O3/c1-5-9-13-15-17-19-21-23-33-31-40(25-11-7-3)27-29-42(33,37-35(40)45-37)39(44)43-30-28-41(26-12-8-4,36-38(43)46-36)32-34(43)24-22-20-18-16-14-10-6-2/h33-38H,5-32H2,1-4H3. The van der Waals surface area contributed by atoms with Gasteiger partial charge in [0, 0.05) is 0 Å². The molecule has 0 aromatic rings. The highest BCUT2D eigenvalue weighted by molar-refractivity contribution is 5.94. The number of rotatable bonds is 24. The van der Waals surface area contributed by atoms with Crippen molar-refractivity contribution in [3.8, 4) is 0 Å². The summed E-state index contributed by atoms with van der Waals surface area (Å²) in [6, 6.07) is 0. The van der Waals surface area contributed by atoms with Crippen molar-refractivity contribution in [1.29, 1.82) is 0 Å². The molecule has 0 aromatic carbocycles. The van der Waals surface area contributed by atoms with Gasteiger partial charge in [0.05, 0.1) is 35.2 Å². The van der Waals surface area contributed by atoms with Crippen LogP contribution in [0.2, 0.25) is 0 Å². The maximum absolute atomic E-state index is 15.9. The van der Waals surface area contributed by atoms with Crippen molar-refractivity contribution in [3.63, 3.8) is 0 Å². The van der Waals surface area contributed by atoms with Crippen molar-refractivity contribution in [3.05, 3.63) is 0 Å². The number of fused-ring (bicyclic) bond motifs is 4. The zero-order valence-corrected chi connectivity index (χ0v) is 31.0. The summed E-state index contributed by atoms with van der Waals surface area (Å²) in [5.74, 6) is 1.75. The lowest BCUT2D eigenvalue weighted by molar-refractivity contribution is -0.168. The van der Waals surface area contributed by atoms with Gasteiger partial charge in [-0.3, -0.25) is 4.79 Å². The highest BCUT2D eigenvalue weighted by Crippen LogP contribution is 2.76. The lowest BCUT2D eigenvalue weighted by atomic mass is 9.39. The predicted molar refractivity (Wildman–Crippen MR) is 191 cm³/mol. The average Bonchev–Trinajstić information content (AvgIpc) is 4.00. The number of carbonyl (C=O) groups is 1. The van der Waals surface area contributed by atoms with E-state index in [-0.39, 0.29) is 23.0 Å². The molecule has 3 heteroatoms. The molecule has 4 bridgehead atoms. The Morgan fingerprint density at radius 1 is 0.478 bits per heavy atom. The van der Waals surface area contributed by atoms with E-state index in [1.807, 2.05) is 0 Å². The minimum atomic E-state index is -0.226. The summed E-state index contributed by atoms with van der Waals surface area (Å²) in [7, 11) is 0. The fourth-order valence-corrected chi connectivity index (χ4v) is 12.6. The molecule has 0 spiro atoms. The van der Waals surface area contributed by atoms with Crippen LogP contribution in [0.4, 0.5) is 0 Å². The minimum Gasteiger partial charge on any atom is -0.368 e. The van der Waals surface area contributed by atoms with Gasteiger partial charge in [-0.2, -0.15) is 0 Å². The molecule has 2 heterocycles. The molecule has 0 aromatic heterocycles. The van der Waals surface area contributed by atoms with Crippen LogP contribution < -0.4 is 0 Å². The first-order valence-corrected chi connectivity index (χ1v) is 21.3. The molecule has 6 aliphatic carbocycles. The zero-order valence-electron chi connectivity index (χ0n) is 31.0. The summed E-state index contributed by atoms with van der Waals surface area (Å²) in [4.78, 5) is 15.9. The minimum absolute atomic E-state index is 0.216. The van der Waals surface area contributed by atoms with E-state index >= 15 is 4.79 Å². The average molecular weight is 639 g/mol. The highest BCUT2D eigenvalue weighted by Gasteiger charge is 2.81. The topological polar surface area (TPSA) is 42.1 Å². The quantitative estimate of drug-likeness (QED) is 0.0780. The van der Waals surface area contributed by atoms with Crippen LogP contribution in [0, 0.1) is 33.5 Å². The fraction of sp³-hybridized carbons (Fsp3) is 0.977. The van der Waals surface area contributed by atoms with Crippen molar-refractivity contribution in [2.45, 2.75) is 232 Å². The molecule has 10 atom stereocenters. The van der Waals surface area contributed by atoms with Gasteiger partial charge in [-0.15, -0.1) is 0 Å². The van der Waals surface area contributed by atoms with Crippen LogP contribution in [-0.4, -0.2) is 30.2 Å². The molecule has 8 aliphatic rings. The maximum atomic E-state index is 15.9. The van der Waals surface area contributed by atoms with Crippen LogP contribution in [0.15, 0.2) is 0 Å². The number of unbranched alkanes of at least 4 members (excludes halogenated alkanes) is 14. The van der Waals surface area contributed by atoms with Gasteiger partial charge in [-0.1, -0.05) is 143 Å². The van der Waals surface area contributed by atoms with Crippen molar-refractivity contribution in [1.82, 2.24) is 0 Å². The van der Waals surface area contributed by atoms with Crippen LogP contribution in [0.3, 0.4) is 0 Å². The van der Waals surface area contributed by atoms with Crippen molar-refractivity contribution in [2.24, 2.45) is 33.5 Å². The Kier molecular flexibility index (Phi) is 11.7. The number of epoxide rings is 2. The summed E-state index contributed by atoms with van der Waals surface area (Å²) in [5.41, 5.74) is 0.264. The van der Waals surface area contributed by atoms with Gasteiger partial charge in [0.1, 0.15) is 0 Å². The van der Waals surface area contributed by atoms with Gasteiger partial charge in [0.25, 0.3) is 0 Å². The third kappa shape index (κ3) is 6.35. The molecule has 46 heavy (non-hydrogen) atoms. The highest BCUT2D eigenvalue weighted by atomic mass is 16.6. The number of hydrogen-bond acceptors (Lipinski definition) is 3. The van der Waals surface area contributed by atoms with Crippen LogP contribution in [0.1, 0.15) is 207 Å². The van der Waals surface area contributed by atoms with Gasteiger partial charge >= 0.3 is 0 Å². The lowest BCUT2D eigenvalue weighted by Gasteiger charge is -2.61. The second-order valence-electron chi connectivity index (χ2n) is 17.9. The van der Waals surface area contributed by atoms with Gasteiger partial charge in [-0.25, -0.2) is 0 Å². The molecule has 264 valence electrons. The Balaban J connectivity index is 1.21. The third-order valence-electron chi connectivity index (χ3n) is 15.3. The molecule has 8 fully saturated rings. The molecule has 0 N–H and O–H groups in total. The number of hydrogen-bond donors (Lipinski definition) is 0. The zero-order chi connectivity index (χ0) is 32.3. The molecular weight excluding hydrogens is 564 g/mol. The van der Waals surface area contributed by atoms with Gasteiger partial charge in [0.15, 0.2) is 5.78 Å². The fourth-order valence-electron chi connectivity index (χ4n) is 12.6. The Bertz CT molecular complexity index is 917. The van der Waals surface area contributed by atoms with Crippen LogP contribution in [0.25, 0.3) is 0 Å². The second kappa shape index (κ2) is 15.2. The molecule has 2 saturated heterocycles. The van der Waals surface area contributed by atoms with Crippen LogP contribution in [0.5, 0.6) is 0 Å². The number of ketones is 1. The van der Waals surface area contributed by atoms with Gasteiger partial charge < -0.3 is 9.47 Å². The summed E-state index contributed by atoms with van der Waals surface area (Å²) < 4.78 is 13.7. The number of carbonyl (C=O) groups excluding carboxylic acids is 1. The van der Waals surface area contributed by atoms with Crippen molar-refractivity contribution < 1.29 is 14.3 Å². The van der Waals surface area contributed by atoms with Crippen molar-refractivity contribution in [2.75, 3.05) is 0 Å². The largest absolute Gasteiger partial charge is 0.368 e. The van der Waals surface area contributed by atoms with E-state index in [0.717, 1.165) is 12.8 Å². The Hall–Kier alpha value is -0.410. The van der Waals surface area contributed by atoms with E-state index in [9.17, 15) is 0 Å². The second-order valence-corrected chi connectivity index (χ2v) is 17.9. The first kappa shape index (κ1) is 35.4. The molecular formula is C43H74O3. The summed E-state index contributed by atoms with van der Waals surface area (Å²) in [5, 5.41) is 0. The molecule has 10 unspecified atom stereocenters. The number of ether oxygens (including phenoxy) is 2. The van der Waals surface area contributed by atoms with E-state index in [1.165, 1.54) is 167 Å². The SMILES string of the molecule is CCCCCCCCCC1CC2(CCCC)CCC1(C(=O)C13CCC(CCCC)(CC1CCCCCCCCC)C1OC13)C1OC12. The monoisotopic (exact) mass is 639 g/mol. The summed E-state index contributed by atoms with van der Waals surface area (Å²) in [6.07, 6.45) is 37.8. The van der Waals surface area contributed by atoms with Crippen LogP contribution in [-0.2, 0) is 14.3 Å². The van der Waals surface area contributed by atoms with Gasteiger partial charge in [-0.05, 0) is 86.9 Å². The molecule has 0 radical (unpaired) electrons. The molecule has 2 aliphatic heterocycles. The van der Waals surface area contributed by atoms with E-state index in [0.29, 0.717) is 40.7 Å². The summed E-state index contributed by atoms with van der Waals surface area (Å²) >= 11 is 0. The van der Waals surface area contributed by atoms with E-state index < -0.39 is 0 Å². The van der Waals surface area contributed by atoms with E-state index in [2.05, 4.69) is 27.7 Å². The maximum Gasteiger partial charge on any atom is 0.151 e. The van der Waals surface area contributed by atoms with E-state index in [1.54, 1.807) is 0 Å². The lowest BCUT2D eigenvalue weighted by Crippen LogP contribution is -2.66. The number of Topliss-reactive ketones (excluding diaryl/α,β-unsaturated/α-hetero) is 1. The van der Waals surface area contributed by atoms with Crippen LogP contribution >= 0.6 is 0 Å². The molecule has 6 saturated carbocycles. The van der Waals surface area contributed by atoms with Gasteiger partial charge in [0.2, 0.25) is 0 Å². The Morgan fingerprint density at radius 3 is 1.24 bits per heavy atom. The first-order chi connectivity index (χ1) is 22.5. The third-order valence-corrected chi connectivity index (χ3v) is 15.3. The normalized spacial score (nSPS) is 41.4. The Morgan fingerprint density at radius 2 is 0.848 bits per heavy atom. The summed E-state index contributed by atoms with van der Waals surface area (Å²) in [6.45, 7) is 9.32. The predicted octanol–water partition coefficient (Wildman–Crippen LogP) is 12.3. The molecule has 3 nitrogen and oxygen atoms in total. The Labute approximate surface area is 284 Å². The first-order valence-electron chi connectivity index (χ1n) is 21.3. The molecule has 8 rings (SSSR count). The van der Waals surface area contributed by atoms with Crippen molar-refractivity contribution >= 4 is 5.78 Å². The van der Waals surface area contributed by atoms with E-state index in [4.69, 9.17) is 9.47 Å². The smallest absolute Gasteiger partial charge is 0.151 e.